The second-order valence-corrected chi connectivity index (χ2v) is 7.75. The number of rotatable bonds is 6. The maximum Gasteiger partial charge on any atom is 0.334 e. The molecule has 0 saturated carbocycles. The van der Waals surface area contributed by atoms with Crippen molar-refractivity contribution < 1.29 is 34.4 Å². The van der Waals surface area contributed by atoms with Crippen molar-refractivity contribution in [3.8, 4) is 0 Å². The number of carboxylic acid groups (broad SMARTS) is 2. The Morgan fingerprint density at radius 1 is 1.10 bits per heavy atom. The van der Waals surface area contributed by atoms with Crippen molar-refractivity contribution >= 4 is 24.0 Å². The van der Waals surface area contributed by atoms with Crippen LogP contribution < -0.4 is 5.32 Å². The maximum atomic E-state index is 12.1. The molecule has 1 aromatic rings. The Kier molecular flexibility index (Phi) is 6.84. The standard InChI is InChI=1S/C22H25NO7/c1-12-17(20(26)27)18(19(21(28)29)15(11-24)23-12)14-8-6-5-7-13(14)9-10-16(25)30-22(2,3)4/h5-10,18,23-24H,11H2,1-4H3,(H,26,27)(H,28,29)/b10-9+. The Bertz CT molecular complexity index is 964. The second-order valence-electron chi connectivity index (χ2n) is 7.75. The van der Waals surface area contributed by atoms with E-state index < -0.39 is 36.0 Å². The van der Waals surface area contributed by atoms with E-state index in [1.165, 1.54) is 19.1 Å². The zero-order chi connectivity index (χ0) is 22.6. The zero-order valence-electron chi connectivity index (χ0n) is 17.2. The number of carboxylic acids is 2. The fourth-order valence-corrected chi connectivity index (χ4v) is 3.29. The van der Waals surface area contributed by atoms with E-state index in [1.54, 1.807) is 45.0 Å². The number of hydrogen-bond acceptors (Lipinski definition) is 6. The molecule has 0 aromatic heterocycles. The van der Waals surface area contributed by atoms with Gasteiger partial charge < -0.3 is 25.4 Å². The number of ether oxygens (including phenoxy) is 1. The quantitative estimate of drug-likeness (QED) is 0.411. The van der Waals surface area contributed by atoms with E-state index in [0.717, 1.165) is 0 Å². The van der Waals surface area contributed by atoms with Gasteiger partial charge in [0.1, 0.15) is 5.60 Å². The summed E-state index contributed by atoms with van der Waals surface area (Å²) >= 11 is 0. The third-order valence-electron chi connectivity index (χ3n) is 4.38. The van der Waals surface area contributed by atoms with E-state index in [2.05, 4.69) is 5.32 Å². The number of carbonyl (C=O) groups excluding carboxylic acids is 1. The summed E-state index contributed by atoms with van der Waals surface area (Å²) in [6, 6.07) is 6.58. The van der Waals surface area contributed by atoms with Gasteiger partial charge in [-0.3, -0.25) is 0 Å². The van der Waals surface area contributed by atoms with E-state index in [9.17, 15) is 29.7 Å². The largest absolute Gasteiger partial charge is 0.478 e. The lowest BCUT2D eigenvalue weighted by atomic mass is 9.78. The first-order valence-electron chi connectivity index (χ1n) is 9.24. The highest BCUT2D eigenvalue weighted by Gasteiger charge is 2.38. The minimum Gasteiger partial charge on any atom is -0.478 e. The monoisotopic (exact) mass is 415 g/mol. The van der Waals surface area contributed by atoms with E-state index in [0.29, 0.717) is 11.1 Å². The molecule has 1 aromatic carbocycles. The molecule has 1 heterocycles. The van der Waals surface area contributed by atoms with Crippen molar-refractivity contribution in [2.75, 3.05) is 6.61 Å². The maximum absolute atomic E-state index is 12.1. The van der Waals surface area contributed by atoms with Crippen LogP contribution in [0.25, 0.3) is 6.08 Å². The van der Waals surface area contributed by atoms with Crippen molar-refractivity contribution in [1.82, 2.24) is 5.32 Å². The van der Waals surface area contributed by atoms with Gasteiger partial charge in [0.25, 0.3) is 0 Å². The van der Waals surface area contributed by atoms with Crippen molar-refractivity contribution in [3.63, 3.8) is 0 Å². The predicted molar refractivity (Wildman–Crippen MR) is 109 cm³/mol. The number of carbonyl (C=O) groups is 3. The van der Waals surface area contributed by atoms with Gasteiger partial charge >= 0.3 is 17.9 Å². The van der Waals surface area contributed by atoms with Gasteiger partial charge in [0.05, 0.1) is 29.4 Å². The summed E-state index contributed by atoms with van der Waals surface area (Å²) in [5.74, 6) is -4.37. The molecule has 1 aliphatic heterocycles. The van der Waals surface area contributed by atoms with Gasteiger partial charge in [0.2, 0.25) is 0 Å². The number of esters is 1. The lowest BCUT2D eigenvalue weighted by Crippen LogP contribution is -2.33. The molecule has 160 valence electrons. The summed E-state index contributed by atoms with van der Waals surface area (Å²) < 4.78 is 5.24. The molecule has 0 saturated heterocycles. The topological polar surface area (TPSA) is 133 Å². The molecule has 0 radical (unpaired) electrons. The summed E-state index contributed by atoms with van der Waals surface area (Å²) in [5, 5.41) is 31.9. The average molecular weight is 415 g/mol. The summed E-state index contributed by atoms with van der Waals surface area (Å²) in [5.41, 5.74) is -0.0202. The fourth-order valence-electron chi connectivity index (χ4n) is 3.29. The molecular formula is C22H25NO7. The van der Waals surface area contributed by atoms with Crippen LogP contribution in [0.3, 0.4) is 0 Å². The SMILES string of the molecule is CC1=C(C(=O)O)C(c2ccccc2/C=C/C(=O)OC(C)(C)C)C(C(=O)O)=C(CO)N1. The first-order valence-corrected chi connectivity index (χ1v) is 9.24. The zero-order valence-corrected chi connectivity index (χ0v) is 17.2. The van der Waals surface area contributed by atoms with Crippen LogP contribution in [-0.4, -0.2) is 45.4 Å². The molecule has 2 rings (SSSR count). The average Bonchev–Trinajstić information content (AvgIpc) is 2.63. The summed E-state index contributed by atoms with van der Waals surface area (Å²) in [7, 11) is 0. The lowest BCUT2D eigenvalue weighted by Gasteiger charge is -2.30. The first kappa shape index (κ1) is 22.9. The van der Waals surface area contributed by atoms with Crippen molar-refractivity contribution in [2.24, 2.45) is 0 Å². The molecule has 1 atom stereocenters. The molecule has 1 aliphatic rings. The number of aliphatic hydroxyl groups is 1. The van der Waals surface area contributed by atoms with Crippen molar-refractivity contribution in [1.29, 1.82) is 0 Å². The van der Waals surface area contributed by atoms with Crippen LogP contribution in [0.15, 0.2) is 52.9 Å². The van der Waals surface area contributed by atoms with Gasteiger partial charge in [0, 0.05) is 11.8 Å². The van der Waals surface area contributed by atoms with Crippen molar-refractivity contribution in [3.05, 3.63) is 64.0 Å². The molecular weight excluding hydrogens is 390 g/mol. The molecule has 0 spiro atoms. The normalized spacial score (nSPS) is 17.2. The molecule has 30 heavy (non-hydrogen) atoms. The van der Waals surface area contributed by atoms with Crippen LogP contribution in [0, 0.1) is 0 Å². The number of benzene rings is 1. The van der Waals surface area contributed by atoms with Crippen LogP contribution in [0.1, 0.15) is 44.7 Å². The minimum atomic E-state index is -1.35. The first-order chi connectivity index (χ1) is 14.0. The molecule has 0 aliphatic carbocycles. The van der Waals surface area contributed by atoms with Gasteiger partial charge in [-0.25, -0.2) is 14.4 Å². The van der Waals surface area contributed by atoms with Gasteiger partial charge in [0.15, 0.2) is 0 Å². The summed E-state index contributed by atoms with van der Waals surface area (Å²) in [4.78, 5) is 36.0. The Hall–Kier alpha value is -3.39. The lowest BCUT2D eigenvalue weighted by molar-refractivity contribution is -0.148. The number of hydrogen-bond donors (Lipinski definition) is 4. The molecule has 0 amide bonds. The summed E-state index contributed by atoms with van der Waals surface area (Å²) in [6.45, 7) is 6.10. The van der Waals surface area contributed by atoms with E-state index >= 15 is 0 Å². The van der Waals surface area contributed by atoms with Gasteiger partial charge in [-0.05, 0) is 44.9 Å². The highest BCUT2D eigenvalue weighted by Crippen LogP contribution is 2.40. The van der Waals surface area contributed by atoms with Crippen LogP contribution in [0.5, 0.6) is 0 Å². The molecule has 8 heteroatoms. The third-order valence-corrected chi connectivity index (χ3v) is 4.38. The number of allylic oxidation sites excluding steroid dienone is 1. The minimum absolute atomic E-state index is 0.0147. The predicted octanol–water partition coefficient (Wildman–Crippen LogP) is 2.42. The van der Waals surface area contributed by atoms with Crippen LogP contribution in [0.4, 0.5) is 0 Å². The van der Waals surface area contributed by atoms with Gasteiger partial charge in [-0.2, -0.15) is 0 Å². The molecule has 0 fully saturated rings. The third kappa shape index (κ3) is 5.15. The molecule has 4 N–H and O–H groups in total. The fraction of sp³-hybridized carbons (Fsp3) is 0.318. The number of dihydropyridines is 1. The second kappa shape index (κ2) is 8.96. The van der Waals surface area contributed by atoms with E-state index in [1.807, 2.05) is 0 Å². The Balaban J connectivity index is 2.63. The van der Waals surface area contributed by atoms with Crippen LogP contribution in [0.2, 0.25) is 0 Å². The van der Waals surface area contributed by atoms with Crippen molar-refractivity contribution in [2.45, 2.75) is 39.2 Å². The Morgan fingerprint density at radius 3 is 2.23 bits per heavy atom. The Labute approximate surface area is 174 Å². The van der Waals surface area contributed by atoms with E-state index in [-0.39, 0.29) is 22.5 Å². The number of aliphatic carboxylic acids is 2. The number of nitrogens with one attached hydrogen (secondary N) is 1. The smallest absolute Gasteiger partial charge is 0.334 e. The van der Waals surface area contributed by atoms with Gasteiger partial charge in [-0.1, -0.05) is 24.3 Å². The van der Waals surface area contributed by atoms with Crippen LogP contribution >= 0.6 is 0 Å². The summed E-state index contributed by atoms with van der Waals surface area (Å²) in [6.07, 6.45) is 2.66. The van der Waals surface area contributed by atoms with Crippen LogP contribution in [-0.2, 0) is 19.1 Å². The molecule has 0 bridgehead atoms. The highest BCUT2D eigenvalue weighted by molar-refractivity contribution is 5.99. The number of aliphatic hydroxyl groups excluding tert-OH is 1. The van der Waals surface area contributed by atoms with Gasteiger partial charge in [-0.15, -0.1) is 0 Å². The van der Waals surface area contributed by atoms with E-state index in [4.69, 9.17) is 4.74 Å². The molecule has 8 nitrogen and oxygen atoms in total. The molecule has 1 unspecified atom stereocenters. The highest BCUT2D eigenvalue weighted by atomic mass is 16.6. The Morgan fingerprint density at radius 2 is 1.70 bits per heavy atom.